The molecule has 0 bridgehead atoms. The van der Waals surface area contributed by atoms with Crippen LogP contribution in [-0.4, -0.2) is 11.9 Å². The summed E-state index contributed by atoms with van der Waals surface area (Å²) < 4.78 is 0. The molecule has 2 rings (SSSR count). The Hall–Kier alpha value is -1.51. The number of rotatable bonds is 4. The number of nitrogens with two attached hydrogens (primary N) is 1. The van der Waals surface area contributed by atoms with Gasteiger partial charge in [0, 0.05) is 17.3 Å². The van der Waals surface area contributed by atoms with Crippen molar-refractivity contribution in [1.82, 2.24) is 0 Å². The third-order valence-electron chi connectivity index (χ3n) is 4.23. The van der Waals surface area contributed by atoms with E-state index >= 15 is 0 Å². The smallest absolute Gasteiger partial charge is 0.248 e. The summed E-state index contributed by atoms with van der Waals surface area (Å²) in [5, 5.41) is 3.63. The van der Waals surface area contributed by atoms with Crippen LogP contribution in [0, 0.1) is 12.8 Å². The van der Waals surface area contributed by atoms with Crippen molar-refractivity contribution in [1.29, 1.82) is 0 Å². The maximum atomic E-state index is 11.1. The number of hydrogen-bond donors (Lipinski definition) is 2. The van der Waals surface area contributed by atoms with Crippen molar-refractivity contribution in [2.45, 2.75) is 52.0 Å². The van der Waals surface area contributed by atoms with E-state index in [4.69, 9.17) is 5.73 Å². The Morgan fingerprint density at radius 2 is 2.21 bits per heavy atom. The highest BCUT2D eigenvalue weighted by atomic mass is 16.1. The van der Waals surface area contributed by atoms with Crippen LogP contribution in [0.15, 0.2) is 18.2 Å². The van der Waals surface area contributed by atoms with Gasteiger partial charge in [0.05, 0.1) is 0 Å². The molecule has 1 aromatic carbocycles. The van der Waals surface area contributed by atoms with Gasteiger partial charge in [0.15, 0.2) is 0 Å². The molecule has 2 unspecified atom stereocenters. The summed E-state index contributed by atoms with van der Waals surface area (Å²) in [5.74, 6) is 0.495. The molecule has 0 aromatic heterocycles. The fraction of sp³-hybridized carbons (Fsp3) is 0.562. The minimum Gasteiger partial charge on any atom is -0.382 e. The van der Waals surface area contributed by atoms with Crippen LogP contribution >= 0.6 is 0 Å². The van der Waals surface area contributed by atoms with Crippen molar-refractivity contribution in [3.8, 4) is 0 Å². The molecule has 0 radical (unpaired) electrons. The molecule has 3 heteroatoms. The molecule has 1 aromatic rings. The third kappa shape index (κ3) is 3.49. The summed E-state index contributed by atoms with van der Waals surface area (Å²) in [5.41, 5.74) is 8.10. The first-order valence-electron chi connectivity index (χ1n) is 7.27. The first-order valence-corrected chi connectivity index (χ1v) is 7.27. The molecule has 0 spiro atoms. The molecule has 3 N–H and O–H groups in total. The number of carbonyl (C=O) groups is 1. The van der Waals surface area contributed by atoms with Gasteiger partial charge in [-0.25, -0.2) is 0 Å². The highest BCUT2D eigenvalue weighted by Crippen LogP contribution is 2.29. The van der Waals surface area contributed by atoms with E-state index in [1.54, 1.807) is 6.07 Å². The van der Waals surface area contributed by atoms with Gasteiger partial charge >= 0.3 is 0 Å². The molecule has 0 aliphatic heterocycles. The molecule has 0 saturated heterocycles. The average molecular weight is 260 g/mol. The Bertz CT molecular complexity index is 456. The summed E-state index contributed by atoms with van der Waals surface area (Å²) >= 11 is 0. The molecular weight excluding hydrogens is 236 g/mol. The molecule has 3 nitrogen and oxygen atoms in total. The van der Waals surface area contributed by atoms with E-state index in [1.807, 2.05) is 19.1 Å². The van der Waals surface area contributed by atoms with Gasteiger partial charge in [-0.2, -0.15) is 0 Å². The zero-order valence-corrected chi connectivity index (χ0v) is 11.9. The summed E-state index contributed by atoms with van der Waals surface area (Å²) in [6, 6.07) is 6.21. The fourth-order valence-electron chi connectivity index (χ4n) is 2.99. The lowest BCUT2D eigenvalue weighted by Gasteiger charge is -2.30. The van der Waals surface area contributed by atoms with E-state index in [0.717, 1.165) is 17.2 Å². The van der Waals surface area contributed by atoms with Crippen LogP contribution in [0.3, 0.4) is 0 Å². The van der Waals surface area contributed by atoms with Crippen molar-refractivity contribution in [2.75, 3.05) is 5.32 Å². The SMILES string of the molecule is CCC1CCCC(Nc2ccc(C(N)=O)cc2C)C1. The van der Waals surface area contributed by atoms with Gasteiger partial charge in [0.25, 0.3) is 0 Å². The molecule has 1 amide bonds. The number of nitrogens with one attached hydrogen (secondary N) is 1. The standard InChI is InChI=1S/C16H24N2O/c1-3-12-5-4-6-14(10-12)18-15-8-7-13(16(17)19)9-11(15)2/h7-9,12,14,18H,3-6,10H2,1-2H3,(H2,17,19). The molecule has 1 fully saturated rings. The van der Waals surface area contributed by atoms with Crippen molar-refractivity contribution in [3.63, 3.8) is 0 Å². The Balaban J connectivity index is 2.04. The summed E-state index contributed by atoms with van der Waals surface area (Å²) in [6.07, 6.45) is 6.46. The summed E-state index contributed by atoms with van der Waals surface area (Å²) in [4.78, 5) is 11.1. The highest BCUT2D eigenvalue weighted by Gasteiger charge is 2.20. The molecule has 1 aliphatic carbocycles. The molecule has 19 heavy (non-hydrogen) atoms. The van der Waals surface area contributed by atoms with Crippen LogP contribution in [0.5, 0.6) is 0 Å². The van der Waals surface area contributed by atoms with E-state index in [0.29, 0.717) is 11.6 Å². The Morgan fingerprint density at radius 1 is 1.42 bits per heavy atom. The Kier molecular flexibility index (Phi) is 4.46. The predicted molar refractivity (Wildman–Crippen MR) is 79.4 cm³/mol. The van der Waals surface area contributed by atoms with Gasteiger partial charge < -0.3 is 11.1 Å². The second-order valence-corrected chi connectivity index (χ2v) is 5.68. The van der Waals surface area contributed by atoms with Gasteiger partial charge in [0.2, 0.25) is 5.91 Å². The maximum Gasteiger partial charge on any atom is 0.248 e. The second-order valence-electron chi connectivity index (χ2n) is 5.68. The van der Waals surface area contributed by atoms with Gasteiger partial charge in [-0.1, -0.05) is 26.2 Å². The molecule has 104 valence electrons. The number of benzene rings is 1. The van der Waals surface area contributed by atoms with Crippen molar-refractivity contribution >= 4 is 11.6 Å². The van der Waals surface area contributed by atoms with E-state index in [1.165, 1.54) is 32.1 Å². The van der Waals surface area contributed by atoms with Crippen LogP contribution in [0.1, 0.15) is 54.9 Å². The van der Waals surface area contributed by atoms with E-state index in [2.05, 4.69) is 12.2 Å². The van der Waals surface area contributed by atoms with Crippen LogP contribution in [-0.2, 0) is 0 Å². The zero-order valence-electron chi connectivity index (χ0n) is 11.9. The lowest BCUT2D eigenvalue weighted by molar-refractivity contribution is 0.1000. The topological polar surface area (TPSA) is 55.1 Å². The number of anilines is 1. The Labute approximate surface area is 115 Å². The largest absolute Gasteiger partial charge is 0.382 e. The van der Waals surface area contributed by atoms with E-state index in [9.17, 15) is 4.79 Å². The van der Waals surface area contributed by atoms with Crippen molar-refractivity contribution in [2.24, 2.45) is 11.7 Å². The highest BCUT2D eigenvalue weighted by molar-refractivity contribution is 5.93. The first kappa shape index (κ1) is 13.9. The monoisotopic (exact) mass is 260 g/mol. The van der Waals surface area contributed by atoms with Crippen LogP contribution < -0.4 is 11.1 Å². The third-order valence-corrected chi connectivity index (χ3v) is 4.23. The number of hydrogen-bond acceptors (Lipinski definition) is 2. The predicted octanol–water partition coefficient (Wildman–Crippen LogP) is 3.47. The quantitative estimate of drug-likeness (QED) is 0.871. The number of carbonyl (C=O) groups excluding carboxylic acids is 1. The van der Waals surface area contributed by atoms with E-state index in [-0.39, 0.29) is 5.91 Å². The molecule has 1 saturated carbocycles. The maximum absolute atomic E-state index is 11.1. The lowest BCUT2D eigenvalue weighted by atomic mass is 9.84. The van der Waals surface area contributed by atoms with Gasteiger partial charge in [-0.05, 0) is 49.4 Å². The molecule has 1 aliphatic rings. The van der Waals surface area contributed by atoms with Gasteiger partial charge in [-0.15, -0.1) is 0 Å². The summed E-state index contributed by atoms with van der Waals surface area (Å²) in [7, 11) is 0. The average Bonchev–Trinajstić information content (AvgIpc) is 2.41. The number of primary amides is 1. The fourth-order valence-corrected chi connectivity index (χ4v) is 2.99. The molecular formula is C16H24N2O. The minimum atomic E-state index is -0.363. The first-order chi connectivity index (χ1) is 9.10. The van der Waals surface area contributed by atoms with Crippen molar-refractivity contribution in [3.05, 3.63) is 29.3 Å². The van der Waals surface area contributed by atoms with Crippen molar-refractivity contribution < 1.29 is 4.79 Å². The number of aryl methyl sites for hydroxylation is 1. The molecule has 2 atom stereocenters. The van der Waals surface area contributed by atoms with Crippen LogP contribution in [0.4, 0.5) is 5.69 Å². The van der Waals surface area contributed by atoms with Gasteiger partial charge in [-0.3, -0.25) is 4.79 Å². The zero-order chi connectivity index (χ0) is 13.8. The Morgan fingerprint density at radius 3 is 2.84 bits per heavy atom. The normalized spacial score (nSPS) is 23.1. The van der Waals surface area contributed by atoms with Crippen LogP contribution in [0.25, 0.3) is 0 Å². The summed E-state index contributed by atoms with van der Waals surface area (Å²) in [6.45, 7) is 4.30. The number of amides is 1. The van der Waals surface area contributed by atoms with Crippen LogP contribution in [0.2, 0.25) is 0 Å². The van der Waals surface area contributed by atoms with Gasteiger partial charge in [0.1, 0.15) is 0 Å². The second kappa shape index (κ2) is 6.09. The molecule has 0 heterocycles. The lowest BCUT2D eigenvalue weighted by Crippen LogP contribution is -2.27. The van der Waals surface area contributed by atoms with E-state index < -0.39 is 0 Å². The minimum absolute atomic E-state index is 0.363.